The zero-order valence-corrected chi connectivity index (χ0v) is 12.5. The summed E-state index contributed by atoms with van der Waals surface area (Å²) in [5.41, 5.74) is 0.434. The molecule has 0 bridgehead atoms. The van der Waals surface area contributed by atoms with Gasteiger partial charge in [0.15, 0.2) is 5.13 Å². The van der Waals surface area contributed by atoms with Gasteiger partial charge in [0.05, 0.1) is 4.90 Å². The van der Waals surface area contributed by atoms with E-state index in [1.54, 1.807) is 19.5 Å². The fraction of sp³-hybridized carbons (Fsp3) is 0.167. The molecule has 8 heteroatoms. The minimum absolute atomic E-state index is 0.0861. The highest BCUT2D eigenvalue weighted by atomic mass is 32.2. The van der Waals surface area contributed by atoms with Crippen LogP contribution in [0.5, 0.6) is 0 Å². The maximum absolute atomic E-state index is 12.1. The third-order valence-electron chi connectivity index (χ3n) is 2.47. The van der Waals surface area contributed by atoms with Crippen LogP contribution in [0.25, 0.3) is 0 Å². The molecule has 0 aliphatic carbocycles. The van der Waals surface area contributed by atoms with Gasteiger partial charge in [-0.1, -0.05) is 0 Å². The van der Waals surface area contributed by atoms with Crippen molar-refractivity contribution in [2.24, 2.45) is 0 Å². The zero-order chi connectivity index (χ0) is 14.8. The smallest absolute Gasteiger partial charge is 0.263 e. The minimum Gasteiger partial charge on any atom is -0.345 e. The van der Waals surface area contributed by atoms with Gasteiger partial charge in [0.25, 0.3) is 15.9 Å². The molecule has 6 nitrogen and oxygen atoms in total. The molecule has 0 saturated heterocycles. The predicted octanol–water partition coefficient (Wildman–Crippen LogP) is 1.65. The molecule has 1 aromatic carbocycles. The first-order chi connectivity index (χ1) is 9.40. The van der Waals surface area contributed by atoms with Crippen LogP contribution in [0, 0.1) is 0 Å². The number of benzene rings is 1. The summed E-state index contributed by atoms with van der Waals surface area (Å²) >= 11 is 1.19. The molecule has 1 N–H and O–H groups in total. The van der Waals surface area contributed by atoms with Crippen molar-refractivity contribution in [3.63, 3.8) is 0 Å². The summed E-state index contributed by atoms with van der Waals surface area (Å²) in [6, 6.07) is 5.76. The summed E-state index contributed by atoms with van der Waals surface area (Å²) in [6.45, 7) is 0. The molecular formula is C12H13N3O3S2. The molecule has 106 valence electrons. The number of carbonyl (C=O) groups excluding carboxylic acids is 1. The average Bonchev–Trinajstić information content (AvgIpc) is 2.90. The SMILES string of the molecule is CN(C)C(=O)c1ccc(S(=O)(=O)Nc2nccs2)cc1. The summed E-state index contributed by atoms with van der Waals surface area (Å²) in [5, 5.41) is 1.98. The summed E-state index contributed by atoms with van der Waals surface area (Å²) in [6.07, 6.45) is 1.52. The zero-order valence-electron chi connectivity index (χ0n) is 10.9. The van der Waals surface area contributed by atoms with Crippen molar-refractivity contribution in [2.75, 3.05) is 18.8 Å². The summed E-state index contributed by atoms with van der Waals surface area (Å²) in [7, 11) is -0.401. The molecule has 0 atom stereocenters. The van der Waals surface area contributed by atoms with E-state index in [4.69, 9.17) is 0 Å². The normalized spacial score (nSPS) is 11.1. The minimum atomic E-state index is -3.67. The number of anilines is 1. The van der Waals surface area contributed by atoms with Crippen LogP contribution in [0.2, 0.25) is 0 Å². The van der Waals surface area contributed by atoms with Crippen molar-refractivity contribution in [1.29, 1.82) is 0 Å². The van der Waals surface area contributed by atoms with Crippen LogP contribution in [-0.4, -0.2) is 38.3 Å². The largest absolute Gasteiger partial charge is 0.345 e. The number of carbonyl (C=O) groups is 1. The molecule has 0 unspecified atom stereocenters. The summed E-state index contributed by atoms with van der Waals surface area (Å²) in [5.74, 6) is -0.179. The van der Waals surface area contributed by atoms with Crippen molar-refractivity contribution >= 4 is 32.4 Å². The molecule has 2 rings (SSSR count). The highest BCUT2D eigenvalue weighted by Crippen LogP contribution is 2.18. The Morgan fingerprint density at radius 1 is 1.25 bits per heavy atom. The number of amides is 1. The number of hydrogen-bond acceptors (Lipinski definition) is 5. The summed E-state index contributed by atoms with van der Waals surface area (Å²) in [4.78, 5) is 17.1. The van der Waals surface area contributed by atoms with Gasteiger partial charge in [-0.2, -0.15) is 0 Å². The molecule has 2 aromatic rings. The number of nitrogens with one attached hydrogen (secondary N) is 1. The van der Waals surface area contributed by atoms with E-state index in [1.807, 2.05) is 0 Å². The first-order valence-corrected chi connectivity index (χ1v) is 8.00. The molecule has 0 aliphatic rings. The van der Waals surface area contributed by atoms with E-state index in [-0.39, 0.29) is 10.8 Å². The van der Waals surface area contributed by atoms with Gasteiger partial charge in [0, 0.05) is 31.2 Å². The van der Waals surface area contributed by atoms with E-state index in [0.29, 0.717) is 10.7 Å². The Kier molecular flexibility index (Phi) is 4.05. The van der Waals surface area contributed by atoms with E-state index in [1.165, 1.54) is 46.7 Å². The quantitative estimate of drug-likeness (QED) is 0.931. The van der Waals surface area contributed by atoms with Gasteiger partial charge >= 0.3 is 0 Å². The Bertz CT molecular complexity index is 692. The lowest BCUT2D eigenvalue weighted by Crippen LogP contribution is -2.21. The van der Waals surface area contributed by atoms with Gasteiger partial charge in [-0.25, -0.2) is 13.4 Å². The molecule has 0 radical (unpaired) electrons. The van der Waals surface area contributed by atoms with Gasteiger partial charge in [-0.3, -0.25) is 9.52 Å². The highest BCUT2D eigenvalue weighted by molar-refractivity contribution is 7.93. The van der Waals surface area contributed by atoms with E-state index >= 15 is 0 Å². The fourth-order valence-electron chi connectivity index (χ4n) is 1.48. The van der Waals surface area contributed by atoms with Crippen LogP contribution < -0.4 is 4.72 Å². The van der Waals surface area contributed by atoms with Crippen LogP contribution in [0.15, 0.2) is 40.7 Å². The van der Waals surface area contributed by atoms with Crippen LogP contribution in [0.1, 0.15) is 10.4 Å². The molecule has 0 fully saturated rings. The second kappa shape index (κ2) is 5.59. The van der Waals surface area contributed by atoms with Gasteiger partial charge in [0.1, 0.15) is 0 Å². The lowest BCUT2D eigenvalue weighted by atomic mass is 10.2. The average molecular weight is 311 g/mol. The second-order valence-corrected chi connectivity index (χ2v) is 6.74. The van der Waals surface area contributed by atoms with Gasteiger partial charge in [0.2, 0.25) is 0 Å². The fourth-order valence-corrected chi connectivity index (χ4v) is 3.27. The highest BCUT2D eigenvalue weighted by Gasteiger charge is 2.16. The third-order valence-corrected chi connectivity index (χ3v) is 4.64. The van der Waals surface area contributed by atoms with Gasteiger partial charge in [-0.15, -0.1) is 11.3 Å². The second-order valence-electron chi connectivity index (χ2n) is 4.17. The number of rotatable bonds is 4. The van der Waals surface area contributed by atoms with Crippen molar-refractivity contribution < 1.29 is 13.2 Å². The first-order valence-electron chi connectivity index (χ1n) is 5.64. The number of thiazole rings is 1. The van der Waals surface area contributed by atoms with E-state index < -0.39 is 10.0 Å². The standard InChI is InChI=1S/C12H13N3O3S2/c1-15(2)11(16)9-3-5-10(6-4-9)20(17,18)14-12-13-7-8-19-12/h3-8H,1-2H3,(H,13,14). The molecule has 1 amide bonds. The number of aromatic nitrogens is 1. The Morgan fingerprint density at radius 2 is 1.90 bits per heavy atom. The van der Waals surface area contributed by atoms with E-state index in [2.05, 4.69) is 9.71 Å². The van der Waals surface area contributed by atoms with Gasteiger partial charge in [-0.05, 0) is 24.3 Å². The first kappa shape index (κ1) is 14.5. The molecule has 1 aromatic heterocycles. The van der Waals surface area contributed by atoms with Crippen LogP contribution >= 0.6 is 11.3 Å². The lowest BCUT2D eigenvalue weighted by molar-refractivity contribution is 0.0827. The van der Waals surface area contributed by atoms with Crippen LogP contribution in [0.3, 0.4) is 0 Å². The van der Waals surface area contributed by atoms with E-state index in [9.17, 15) is 13.2 Å². The molecule has 0 spiro atoms. The topological polar surface area (TPSA) is 79.4 Å². The van der Waals surface area contributed by atoms with Crippen molar-refractivity contribution in [3.05, 3.63) is 41.4 Å². The Hall–Kier alpha value is -1.93. The molecule has 20 heavy (non-hydrogen) atoms. The molecular weight excluding hydrogens is 298 g/mol. The Morgan fingerprint density at radius 3 is 2.40 bits per heavy atom. The molecule has 1 heterocycles. The molecule has 0 saturated carbocycles. The third kappa shape index (κ3) is 3.14. The maximum Gasteiger partial charge on any atom is 0.263 e. The summed E-state index contributed by atoms with van der Waals surface area (Å²) < 4.78 is 26.5. The number of hydrogen-bond donors (Lipinski definition) is 1. The Balaban J connectivity index is 2.23. The Labute approximate surface area is 121 Å². The van der Waals surface area contributed by atoms with Crippen molar-refractivity contribution in [1.82, 2.24) is 9.88 Å². The van der Waals surface area contributed by atoms with Crippen molar-refractivity contribution in [3.8, 4) is 0 Å². The number of sulfonamides is 1. The van der Waals surface area contributed by atoms with Crippen LogP contribution in [-0.2, 0) is 10.0 Å². The monoisotopic (exact) mass is 311 g/mol. The molecule has 0 aliphatic heterocycles. The van der Waals surface area contributed by atoms with Crippen molar-refractivity contribution in [2.45, 2.75) is 4.90 Å². The lowest BCUT2D eigenvalue weighted by Gasteiger charge is -2.10. The predicted molar refractivity (Wildman–Crippen MR) is 77.4 cm³/mol. The van der Waals surface area contributed by atoms with E-state index in [0.717, 1.165) is 0 Å². The van der Waals surface area contributed by atoms with Gasteiger partial charge < -0.3 is 4.90 Å². The number of nitrogens with zero attached hydrogens (tertiary/aromatic N) is 2. The van der Waals surface area contributed by atoms with Crippen LogP contribution in [0.4, 0.5) is 5.13 Å². The maximum atomic E-state index is 12.1.